The van der Waals surface area contributed by atoms with Gasteiger partial charge in [-0.3, -0.25) is 9.69 Å². The van der Waals surface area contributed by atoms with Crippen LogP contribution in [0.3, 0.4) is 0 Å². The average molecular weight is 334 g/mol. The number of hydrogen-bond acceptors (Lipinski definition) is 5. The molecule has 1 aliphatic heterocycles. The average Bonchev–Trinajstić information content (AvgIpc) is 2.36. The minimum Gasteiger partial charge on any atom is -0.506 e. The van der Waals surface area contributed by atoms with Crippen LogP contribution in [0.25, 0.3) is 0 Å². The van der Waals surface area contributed by atoms with Crippen LogP contribution in [0.5, 0.6) is 5.75 Å². The summed E-state index contributed by atoms with van der Waals surface area (Å²) >= 11 is 5.84. The predicted molar refractivity (Wildman–Crippen MR) is 78.2 cm³/mol. The maximum atomic E-state index is 11.7. The molecule has 0 spiro atoms. The molecule has 21 heavy (non-hydrogen) atoms. The summed E-state index contributed by atoms with van der Waals surface area (Å²) in [5, 5.41) is 18.5. The van der Waals surface area contributed by atoms with E-state index >= 15 is 0 Å². The first-order valence-electron chi connectivity index (χ1n) is 6.40. The minimum atomic E-state index is -3.19. The molecule has 1 aliphatic rings. The third kappa shape index (κ3) is 4.33. The predicted octanol–water partition coefficient (Wildman–Crippen LogP) is 1.12. The van der Waals surface area contributed by atoms with Gasteiger partial charge in [-0.05, 0) is 17.7 Å². The molecular formula is C13H16ClNO5S. The molecule has 6 nitrogen and oxygen atoms in total. The first-order valence-corrected chi connectivity index (χ1v) is 8.60. The number of phenols is 1. The molecule has 1 aromatic carbocycles. The molecule has 8 heteroatoms. The van der Waals surface area contributed by atoms with Crippen molar-refractivity contribution in [2.75, 3.05) is 18.1 Å². The maximum absolute atomic E-state index is 11.7. The van der Waals surface area contributed by atoms with E-state index in [2.05, 4.69) is 0 Å². The SMILES string of the molecule is O=C(O)CC1CS(=O)(=O)CCN1Cc1ccc(O)c(Cl)c1. The van der Waals surface area contributed by atoms with Gasteiger partial charge in [-0.15, -0.1) is 0 Å². The standard InChI is InChI=1S/C13H16ClNO5S/c14-11-5-9(1-2-12(11)16)7-15-3-4-21(19,20)8-10(15)6-13(17)18/h1-2,5,10,16H,3-4,6-8H2,(H,17,18). The summed E-state index contributed by atoms with van der Waals surface area (Å²) in [6, 6.07) is 4.19. The summed E-state index contributed by atoms with van der Waals surface area (Å²) in [6.45, 7) is 0.687. The molecule has 1 atom stereocenters. The Balaban J connectivity index is 2.15. The Labute approximate surface area is 127 Å². The lowest BCUT2D eigenvalue weighted by atomic mass is 10.1. The van der Waals surface area contributed by atoms with Crippen LogP contribution in [-0.4, -0.2) is 53.6 Å². The molecule has 1 aromatic rings. The number of aromatic hydroxyl groups is 1. The van der Waals surface area contributed by atoms with Crippen molar-refractivity contribution in [3.63, 3.8) is 0 Å². The number of halogens is 1. The van der Waals surface area contributed by atoms with Crippen LogP contribution in [0.2, 0.25) is 5.02 Å². The Morgan fingerprint density at radius 1 is 1.43 bits per heavy atom. The summed E-state index contributed by atoms with van der Waals surface area (Å²) in [5.41, 5.74) is 0.799. The zero-order chi connectivity index (χ0) is 15.6. The summed E-state index contributed by atoms with van der Waals surface area (Å²) < 4.78 is 23.3. The molecule has 0 saturated carbocycles. The fourth-order valence-corrected chi connectivity index (χ4v) is 4.20. The van der Waals surface area contributed by atoms with E-state index in [1.807, 2.05) is 4.90 Å². The molecule has 1 heterocycles. The quantitative estimate of drug-likeness (QED) is 0.857. The van der Waals surface area contributed by atoms with Crippen molar-refractivity contribution in [3.8, 4) is 5.75 Å². The highest BCUT2D eigenvalue weighted by Gasteiger charge is 2.32. The Morgan fingerprint density at radius 3 is 2.76 bits per heavy atom. The largest absolute Gasteiger partial charge is 0.506 e. The molecule has 1 fully saturated rings. The Hall–Kier alpha value is -1.31. The number of sulfone groups is 1. The second kappa shape index (κ2) is 6.21. The summed E-state index contributed by atoms with van der Waals surface area (Å²) in [4.78, 5) is 12.7. The van der Waals surface area contributed by atoms with E-state index in [1.165, 1.54) is 6.07 Å². The normalized spacial score (nSPS) is 22.0. The van der Waals surface area contributed by atoms with Gasteiger partial charge in [-0.25, -0.2) is 8.42 Å². The topological polar surface area (TPSA) is 94.9 Å². The number of carboxylic acid groups (broad SMARTS) is 1. The van der Waals surface area contributed by atoms with Crippen LogP contribution in [0.4, 0.5) is 0 Å². The smallest absolute Gasteiger partial charge is 0.304 e. The van der Waals surface area contributed by atoms with Gasteiger partial charge < -0.3 is 10.2 Å². The number of hydrogen-bond donors (Lipinski definition) is 2. The molecule has 1 saturated heterocycles. The summed E-state index contributed by atoms with van der Waals surface area (Å²) in [5.74, 6) is -1.17. The lowest BCUT2D eigenvalue weighted by Gasteiger charge is -2.34. The van der Waals surface area contributed by atoms with Crippen molar-refractivity contribution in [3.05, 3.63) is 28.8 Å². The van der Waals surface area contributed by atoms with E-state index in [-0.39, 0.29) is 28.7 Å². The van der Waals surface area contributed by atoms with Gasteiger partial charge in [0.15, 0.2) is 9.84 Å². The van der Waals surface area contributed by atoms with Crippen LogP contribution in [0.15, 0.2) is 18.2 Å². The number of phenolic OH excluding ortho intramolecular Hbond substituents is 1. The van der Waals surface area contributed by atoms with Crippen LogP contribution in [0, 0.1) is 0 Å². The molecular weight excluding hydrogens is 318 g/mol. The Kier molecular flexibility index (Phi) is 4.75. The van der Waals surface area contributed by atoms with E-state index in [0.717, 1.165) is 5.56 Å². The number of carboxylic acids is 1. The van der Waals surface area contributed by atoms with E-state index in [1.54, 1.807) is 12.1 Å². The number of nitrogens with zero attached hydrogens (tertiary/aromatic N) is 1. The van der Waals surface area contributed by atoms with Crippen molar-refractivity contribution >= 4 is 27.4 Å². The fraction of sp³-hybridized carbons (Fsp3) is 0.462. The molecule has 2 rings (SSSR count). The molecule has 116 valence electrons. The third-order valence-electron chi connectivity index (χ3n) is 3.46. The number of aliphatic carboxylic acids is 1. The first kappa shape index (κ1) is 16.1. The fourth-order valence-electron chi connectivity index (χ4n) is 2.40. The van der Waals surface area contributed by atoms with Gasteiger partial charge in [0.25, 0.3) is 0 Å². The Morgan fingerprint density at radius 2 is 2.14 bits per heavy atom. The molecule has 1 unspecified atom stereocenters. The number of rotatable bonds is 4. The molecule has 0 bridgehead atoms. The van der Waals surface area contributed by atoms with Gasteiger partial charge in [0, 0.05) is 19.1 Å². The highest BCUT2D eigenvalue weighted by atomic mass is 35.5. The highest BCUT2D eigenvalue weighted by molar-refractivity contribution is 7.91. The van der Waals surface area contributed by atoms with Gasteiger partial charge in [0.1, 0.15) is 5.75 Å². The van der Waals surface area contributed by atoms with E-state index in [0.29, 0.717) is 13.1 Å². The van der Waals surface area contributed by atoms with Crippen molar-refractivity contribution in [1.82, 2.24) is 4.90 Å². The Bertz CT molecular complexity index is 646. The second-order valence-electron chi connectivity index (χ2n) is 5.12. The van der Waals surface area contributed by atoms with Crippen molar-refractivity contribution in [2.24, 2.45) is 0 Å². The molecule has 2 N–H and O–H groups in total. The molecule has 0 aliphatic carbocycles. The van der Waals surface area contributed by atoms with Crippen molar-refractivity contribution in [1.29, 1.82) is 0 Å². The zero-order valence-electron chi connectivity index (χ0n) is 11.2. The van der Waals surface area contributed by atoms with E-state index in [9.17, 15) is 18.3 Å². The van der Waals surface area contributed by atoms with Gasteiger partial charge in [-0.2, -0.15) is 0 Å². The van der Waals surface area contributed by atoms with Crippen molar-refractivity contribution in [2.45, 2.75) is 19.0 Å². The van der Waals surface area contributed by atoms with Crippen LogP contribution < -0.4 is 0 Å². The van der Waals surface area contributed by atoms with Gasteiger partial charge in [-0.1, -0.05) is 17.7 Å². The zero-order valence-corrected chi connectivity index (χ0v) is 12.8. The van der Waals surface area contributed by atoms with Crippen LogP contribution in [-0.2, 0) is 21.2 Å². The minimum absolute atomic E-state index is 0.0228. The van der Waals surface area contributed by atoms with Gasteiger partial charge in [0.05, 0.1) is 22.9 Å². The van der Waals surface area contributed by atoms with Crippen LogP contribution in [0.1, 0.15) is 12.0 Å². The monoisotopic (exact) mass is 333 g/mol. The van der Waals surface area contributed by atoms with Crippen molar-refractivity contribution < 1.29 is 23.4 Å². The number of carbonyl (C=O) groups is 1. The maximum Gasteiger partial charge on any atom is 0.304 e. The highest BCUT2D eigenvalue weighted by Crippen LogP contribution is 2.25. The van der Waals surface area contributed by atoms with E-state index < -0.39 is 21.8 Å². The first-order chi connectivity index (χ1) is 9.77. The summed E-state index contributed by atoms with van der Waals surface area (Å²) in [7, 11) is -3.19. The molecule has 0 aromatic heterocycles. The van der Waals surface area contributed by atoms with Gasteiger partial charge in [0.2, 0.25) is 0 Å². The van der Waals surface area contributed by atoms with Gasteiger partial charge >= 0.3 is 5.97 Å². The van der Waals surface area contributed by atoms with E-state index in [4.69, 9.17) is 16.7 Å². The lowest BCUT2D eigenvalue weighted by molar-refractivity contribution is -0.138. The second-order valence-corrected chi connectivity index (χ2v) is 7.76. The lowest BCUT2D eigenvalue weighted by Crippen LogP contribution is -2.48. The summed E-state index contributed by atoms with van der Waals surface area (Å²) in [6.07, 6.45) is -0.217. The molecule has 0 amide bonds. The third-order valence-corrected chi connectivity index (χ3v) is 5.46. The molecule has 0 radical (unpaired) electrons. The van der Waals surface area contributed by atoms with Crippen LogP contribution >= 0.6 is 11.6 Å². The number of benzene rings is 1.